The van der Waals surface area contributed by atoms with Crippen molar-refractivity contribution in [3.63, 3.8) is 0 Å². The smallest absolute Gasteiger partial charge is 0.306 e. The molecule has 0 aromatic heterocycles. The van der Waals surface area contributed by atoms with E-state index in [1.54, 1.807) is 4.90 Å². The number of hydrogen-bond donors (Lipinski definition) is 2. The Morgan fingerprint density at radius 2 is 2.00 bits per heavy atom. The fourth-order valence-corrected chi connectivity index (χ4v) is 2.20. The van der Waals surface area contributed by atoms with Gasteiger partial charge < -0.3 is 15.7 Å². The Morgan fingerprint density at radius 3 is 2.41 bits per heavy atom. The van der Waals surface area contributed by atoms with E-state index in [1.165, 1.54) is 0 Å². The highest BCUT2D eigenvalue weighted by molar-refractivity contribution is 5.82. The fraction of sp³-hybridized carbons (Fsp3) is 0.833. The van der Waals surface area contributed by atoms with E-state index in [9.17, 15) is 9.59 Å². The van der Waals surface area contributed by atoms with E-state index in [0.717, 1.165) is 0 Å². The quantitative estimate of drug-likeness (QED) is 0.762. The number of carboxylic acid groups (broad SMARTS) is 1. The van der Waals surface area contributed by atoms with Crippen molar-refractivity contribution in [2.75, 3.05) is 6.54 Å². The van der Waals surface area contributed by atoms with Crippen LogP contribution in [0.5, 0.6) is 0 Å². The second-order valence-electron chi connectivity index (χ2n) is 5.21. The van der Waals surface area contributed by atoms with Gasteiger partial charge in [-0.3, -0.25) is 9.59 Å². The second-order valence-corrected chi connectivity index (χ2v) is 5.21. The normalized spacial score (nSPS) is 27.0. The maximum atomic E-state index is 12.1. The van der Waals surface area contributed by atoms with Crippen molar-refractivity contribution >= 4 is 11.9 Å². The first-order valence-corrected chi connectivity index (χ1v) is 6.13. The molecule has 98 valence electrons. The van der Waals surface area contributed by atoms with Gasteiger partial charge in [0.1, 0.15) is 0 Å². The largest absolute Gasteiger partial charge is 0.481 e. The lowest BCUT2D eigenvalue weighted by Gasteiger charge is -2.38. The van der Waals surface area contributed by atoms with Crippen LogP contribution in [0.4, 0.5) is 0 Å². The number of aliphatic carboxylic acids is 1. The molecule has 0 aromatic carbocycles. The Balaban J connectivity index is 2.63. The summed E-state index contributed by atoms with van der Waals surface area (Å²) >= 11 is 0. The van der Waals surface area contributed by atoms with E-state index in [-0.39, 0.29) is 23.8 Å². The van der Waals surface area contributed by atoms with Crippen molar-refractivity contribution in [2.24, 2.45) is 17.6 Å². The molecular weight excluding hydrogens is 220 g/mol. The molecule has 5 heteroatoms. The first kappa shape index (κ1) is 14.0. The van der Waals surface area contributed by atoms with Crippen molar-refractivity contribution in [2.45, 2.75) is 45.7 Å². The van der Waals surface area contributed by atoms with Crippen molar-refractivity contribution in [3.05, 3.63) is 0 Å². The van der Waals surface area contributed by atoms with Gasteiger partial charge in [0.2, 0.25) is 5.91 Å². The summed E-state index contributed by atoms with van der Waals surface area (Å²) in [5, 5.41) is 8.95. The van der Waals surface area contributed by atoms with E-state index < -0.39 is 12.0 Å². The average Bonchev–Trinajstić information content (AvgIpc) is 2.26. The molecule has 3 atom stereocenters. The topological polar surface area (TPSA) is 83.6 Å². The minimum Gasteiger partial charge on any atom is -0.481 e. The van der Waals surface area contributed by atoms with Gasteiger partial charge in [0.05, 0.1) is 12.0 Å². The number of rotatable bonds is 3. The molecule has 1 fully saturated rings. The molecule has 1 saturated heterocycles. The number of likely N-dealkylation sites (tertiary alicyclic amines) is 1. The van der Waals surface area contributed by atoms with Gasteiger partial charge >= 0.3 is 5.97 Å². The van der Waals surface area contributed by atoms with Gasteiger partial charge in [0.15, 0.2) is 0 Å². The van der Waals surface area contributed by atoms with Crippen molar-refractivity contribution in [3.8, 4) is 0 Å². The van der Waals surface area contributed by atoms with Crippen molar-refractivity contribution in [1.82, 2.24) is 4.90 Å². The molecule has 1 aliphatic rings. The molecule has 0 bridgehead atoms. The summed E-state index contributed by atoms with van der Waals surface area (Å²) in [6.45, 7) is 6.21. The van der Waals surface area contributed by atoms with Crippen LogP contribution in [0.3, 0.4) is 0 Å². The second kappa shape index (κ2) is 5.49. The molecule has 1 amide bonds. The molecule has 0 radical (unpaired) electrons. The van der Waals surface area contributed by atoms with Gasteiger partial charge in [0, 0.05) is 12.6 Å². The number of carboxylic acids is 1. The van der Waals surface area contributed by atoms with Gasteiger partial charge in [0.25, 0.3) is 0 Å². The Hall–Kier alpha value is -1.10. The molecule has 0 spiro atoms. The molecular formula is C12H22N2O3. The average molecular weight is 242 g/mol. The first-order valence-electron chi connectivity index (χ1n) is 6.13. The highest BCUT2D eigenvalue weighted by Gasteiger charge is 2.34. The molecule has 0 aliphatic carbocycles. The zero-order chi connectivity index (χ0) is 13.2. The lowest BCUT2D eigenvalue weighted by Crippen LogP contribution is -2.53. The van der Waals surface area contributed by atoms with Crippen LogP contribution in [-0.4, -0.2) is 40.5 Å². The molecule has 2 unspecified atom stereocenters. The summed E-state index contributed by atoms with van der Waals surface area (Å²) in [6.07, 6.45) is 1.04. The van der Waals surface area contributed by atoms with E-state index in [0.29, 0.717) is 19.4 Å². The minimum atomic E-state index is -0.767. The fourth-order valence-electron chi connectivity index (χ4n) is 2.20. The zero-order valence-corrected chi connectivity index (χ0v) is 10.7. The predicted octanol–water partition coefficient (Wildman–Crippen LogP) is 0.681. The summed E-state index contributed by atoms with van der Waals surface area (Å²) in [5.41, 5.74) is 5.84. The van der Waals surface area contributed by atoms with Crippen LogP contribution in [0.1, 0.15) is 33.6 Å². The van der Waals surface area contributed by atoms with Crippen LogP contribution in [0, 0.1) is 11.8 Å². The third-order valence-electron chi connectivity index (χ3n) is 3.51. The molecule has 1 heterocycles. The van der Waals surface area contributed by atoms with Crippen LogP contribution < -0.4 is 5.73 Å². The standard InChI is InChI=1S/C12H22N2O3/c1-7(2)10(13)11(15)14-5-4-9(12(16)17)6-8(14)3/h7-10H,4-6,13H2,1-3H3,(H,16,17)/t8?,9?,10-/m0/s1. The number of piperidine rings is 1. The van der Waals surface area contributed by atoms with E-state index >= 15 is 0 Å². The number of carbonyl (C=O) groups is 2. The maximum absolute atomic E-state index is 12.1. The summed E-state index contributed by atoms with van der Waals surface area (Å²) in [5.74, 6) is -1.05. The monoisotopic (exact) mass is 242 g/mol. The van der Waals surface area contributed by atoms with Gasteiger partial charge in [-0.15, -0.1) is 0 Å². The summed E-state index contributed by atoms with van der Waals surface area (Å²) in [7, 11) is 0. The summed E-state index contributed by atoms with van der Waals surface area (Å²) in [4.78, 5) is 24.7. The Morgan fingerprint density at radius 1 is 1.41 bits per heavy atom. The Bertz CT molecular complexity index is 304. The molecule has 0 saturated carbocycles. The van der Waals surface area contributed by atoms with Gasteiger partial charge in [-0.25, -0.2) is 0 Å². The van der Waals surface area contributed by atoms with Crippen LogP contribution in [0.15, 0.2) is 0 Å². The Kier molecular flexibility index (Phi) is 4.51. The Labute approximate surface area is 102 Å². The molecule has 1 aliphatic heterocycles. The predicted molar refractivity (Wildman–Crippen MR) is 64.3 cm³/mol. The van der Waals surface area contributed by atoms with Crippen LogP contribution in [0.2, 0.25) is 0 Å². The maximum Gasteiger partial charge on any atom is 0.306 e. The molecule has 1 rings (SSSR count). The van der Waals surface area contributed by atoms with Crippen LogP contribution >= 0.6 is 0 Å². The molecule has 5 nitrogen and oxygen atoms in total. The first-order chi connectivity index (χ1) is 7.84. The van der Waals surface area contributed by atoms with Crippen LogP contribution in [-0.2, 0) is 9.59 Å². The number of amides is 1. The lowest BCUT2D eigenvalue weighted by molar-refractivity contribution is -0.148. The molecule has 17 heavy (non-hydrogen) atoms. The highest BCUT2D eigenvalue weighted by Crippen LogP contribution is 2.24. The van der Waals surface area contributed by atoms with Crippen molar-refractivity contribution < 1.29 is 14.7 Å². The van der Waals surface area contributed by atoms with E-state index in [1.807, 2.05) is 20.8 Å². The molecule has 0 aromatic rings. The van der Waals surface area contributed by atoms with Gasteiger partial charge in [-0.2, -0.15) is 0 Å². The number of hydrogen-bond acceptors (Lipinski definition) is 3. The summed E-state index contributed by atoms with van der Waals surface area (Å²) < 4.78 is 0. The zero-order valence-electron chi connectivity index (χ0n) is 10.7. The number of carbonyl (C=O) groups excluding carboxylic acids is 1. The van der Waals surface area contributed by atoms with Crippen molar-refractivity contribution in [1.29, 1.82) is 0 Å². The third kappa shape index (κ3) is 3.19. The lowest BCUT2D eigenvalue weighted by atomic mass is 9.90. The van der Waals surface area contributed by atoms with Crippen LogP contribution in [0.25, 0.3) is 0 Å². The van der Waals surface area contributed by atoms with Gasteiger partial charge in [-0.05, 0) is 25.7 Å². The number of nitrogens with two attached hydrogens (primary N) is 1. The molecule has 3 N–H and O–H groups in total. The highest BCUT2D eigenvalue weighted by atomic mass is 16.4. The number of nitrogens with zero attached hydrogens (tertiary/aromatic N) is 1. The van der Waals surface area contributed by atoms with Gasteiger partial charge in [-0.1, -0.05) is 13.8 Å². The SMILES string of the molecule is CC(C)[C@H](N)C(=O)N1CCC(C(=O)O)CC1C. The summed E-state index contributed by atoms with van der Waals surface area (Å²) in [6, 6.07) is -0.527. The third-order valence-corrected chi connectivity index (χ3v) is 3.51. The minimum absolute atomic E-state index is 0.0397. The van der Waals surface area contributed by atoms with E-state index in [4.69, 9.17) is 10.8 Å². The van der Waals surface area contributed by atoms with E-state index in [2.05, 4.69) is 0 Å².